The van der Waals surface area contributed by atoms with Crippen LogP contribution in [0.3, 0.4) is 0 Å². The first-order valence-electron chi connectivity index (χ1n) is 4.96. The van der Waals surface area contributed by atoms with Crippen molar-refractivity contribution in [1.29, 1.82) is 0 Å². The predicted molar refractivity (Wildman–Crippen MR) is 66.9 cm³/mol. The lowest BCUT2D eigenvalue weighted by Gasteiger charge is -2.06. The highest BCUT2D eigenvalue weighted by molar-refractivity contribution is 7.79. The van der Waals surface area contributed by atoms with Crippen molar-refractivity contribution in [2.45, 2.75) is 11.3 Å². The van der Waals surface area contributed by atoms with Gasteiger partial charge in [-0.3, -0.25) is 0 Å². The zero-order chi connectivity index (χ0) is 11.5. The Balaban J connectivity index is 2.72. The van der Waals surface area contributed by atoms with Gasteiger partial charge in [0.2, 0.25) is 0 Å². The minimum Gasteiger partial charge on any atom is -0.302 e. The van der Waals surface area contributed by atoms with Crippen molar-refractivity contribution in [2.75, 3.05) is 0 Å². The molecule has 0 aliphatic heterocycles. The quantitative estimate of drug-likeness (QED) is 0.652. The number of allylic oxidation sites excluding steroid dienone is 1. The summed E-state index contributed by atoms with van der Waals surface area (Å²) in [6, 6.07) is 11.4. The Hall–Kier alpha value is -1.45. The minimum absolute atomic E-state index is 0.440. The van der Waals surface area contributed by atoms with Crippen molar-refractivity contribution in [3.63, 3.8) is 0 Å². The smallest absolute Gasteiger partial charge is 0.186 e. The second-order valence-corrected chi connectivity index (χ2v) is 4.52. The van der Waals surface area contributed by atoms with Crippen LogP contribution in [0.25, 0.3) is 10.8 Å². The van der Waals surface area contributed by atoms with Gasteiger partial charge in [0.1, 0.15) is 0 Å². The molecule has 2 rings (SSSR count). The normalized spacial score (nSPS) is 12.6. The minimum atomic E-state index is -1.93. The van der Waals surface area contributed by atoms with Crippen molar-refractivity contribution >= 4 is 21.9 Å². The molecule has 3 heteroatoms. The molecule has 0 spiro atoms. The molecule has 0 aliphatic rings. The summed E-state index contributed by atoms with van der Waals surface area (Å²) in [5.74, 6) is 0. The van der Waals surface area contributed by atoms with E-state index in [-0.39, 0.29) is 0 Å². The van der Waals surface area contributed by atoms with E-state index in [9.17, 15) is 4.21 Å². The summed E-state index contributed by atoms with van der Waals surface area (Å²) in [6.07, 6.45) is 2.50. The Morgan fingerprint density at radius 3 is 2.75 bits per heavy atom. The molecule has 0 heterocycles. The van der Waals surface area contributed by atoms with Crippen LogP contribution in [0.2, 0.25) is 0 Å². The first-order chi connectivity index (χ1) is 7.72. The second kappa shape index (κ2) is 4.60. The molecule has 2 aromatic rings. The molecule has 1 atom stereocenters. The monoisotopic (exact) mass is 232 g/mol. The van der Waals surface area contributed by atoms with Crippen LogP contribution in [0.1, 0.15) is 5.56 Å². The molecule has 0 bridgehead atoms. The van der Waals surface area contributed by atoms with Gasteiger partial charge in [-0.2, -0.15) is 0 Å². The van der Waals surface area contributed by atoms with E-state index in [0.717, 1.165) is 16.3 Å². The number of rotatable bonds is 3. The number of hydrogen-bond acceptors (Lipinski definition) is 1. The van der Waals surface area contributed by atoms with Crippen LogP contribution in [0.15, 0.2) is 53.9 Å². The third kappa shape index (κ3) is 2.05. The van der Waals surface area contributed by atoms with Gasteiger partial charge in [0, 0.05) is 0 Å². The van der Waals surface area contributed by atoms with Crippen LogP contribution in [-0.2, 0) is 17.5 Å². The predicted octanol–water partition coefficient (Wildman–Crippen LogP) is 3.15. The molecular formula is C13H12O2S. The summed E-state index contributed by atoms with van der Waals surface area (Å²) >= 11 is -1.93. The zero-order valence-corrected chi connectivity index (χ0v) is 9.54. The van der Waals surface area contributed by atoms with Gasteiger partial charge in [-0.05, 0) is 34.9 Å². The summed E-state index contributed by atoms with van der Waals surface area (Å²) in [5.41, 5.74) is 1.03. The van der Waals surface area contributed by atoms with E-state index in [0.29, 0.717) is 11.3 Å². The highest BCUT2D eigenvalue weighted by Crippen LogP contribution is 2.23. The van der Waals surface area contributed by atoms with E-state index >= 15 is 0 Å². The van der Waals surface area contributed by atoms with Gasteiger partial charge < -0.3 is 4.55 Å². The highest BCUT2D eigenvalue weighted by Gasteiger charge is 2.06. The Morgan fingerprint density at radius 1 is 1.31 bits per heavy atom. The summed E-state index contributed by atoms with van der Waals surface area (Å²) < 4.78 is 20.2. The molecule has 2 aromatic carbocycles. The third-order valence-corrected chi connectivity index (χ3v) is 3.13. The zero-order valence-electron chi connectivity index (χ0n) is 8.72. The van der Waals surface area contributed by atoms with Gasteiger partial charge in [-0.15, -0.1) is 6.58 Å². The summed E-state index contributed by atoms with van der Waals surface area (Å²) in [7, 11) is 0. The molecule has 1 N–H and O–H groups in total. The fourth-order valence-corrected chi connectivity index (χ4v) is 2.26. The van der Waals surface area contributed by atoms with E-state index in [2.05, 4.69) is 6.58 Å². The van der Waals surface area contributed by atoms with E-state index in [1.165, 1.54) is 0 Å². The molecule has 16 heavy (non-hydrogen) atoms. The lowest BCUT2D eigenvalue weighted by Crippen LogP contribution is -1.92. The van der Waals surface area contributed by atoms with Crippen molar-refractivity contribution in [1.82, 2.24) is 0 Å². The fourth-order valence-electron chi connectivity index (χ4n) is 1.78. The van der Waals surface area contributed by atoms with Crippen LogP contribution in [0, 0.1) is 0 Å². The van der Waals surface area contributed by atoms with Crippen LogP contribution in [-0.4, -0.2) is 8.76 Å². The SMILES string of the molecule is C=CCc1cc(S(=O)O)cc2ccccc12. The summed E-state index contributed by atoms with van der Waals surface area (Å²) in [5, 5.41) is 2.09. The van der Waals surface area contributed by atoms with E-state index in [1.807, 2.05) is 24.3 Å². The Labute approximate surface area is 96.9 Å². The van der Waals surface area contributed by atoms with E-state index in [4.69, 9.17) is 4.55 Å². The fraction of sp³-hybridized carbons (Fsp3) is 0.0769. The topological polar surface area (TPSA) is 37.3 Å². The molecule has 82 valence electrons. The van der Waals surface area contributed by atoms with Crippen molar-refractivity contribution in [2.24, 2.45) is 0 Å². The van der Waals surface area contributed by atoms with Crippen LogP contribution in [0.4, 0.5) is 0 Å². The molecule has 0 radical (unpaired) electrons. The largest absolute Gasteiger partial charge is 0.302 e. The first kappa shape index (κ1) is 11.0. The average molecular weight is 232 g/mol. The Kier molecular flexibility index (Phi) is 3.17. The van der Waals surface area contributed by atoms with Gasteiger partial charge in [-0.1, -0.05) is 30.3 Å². The highest BCUT2D eigenvalue weighted by atomic mass is 32.2. The maximum atomic E-state index is 11.1. The molecule has 2 nitrogen and oxygen atoms in total. The lowest BCUT2D eigenvalue weighted by atomic mass is 10.0. The maximum Gasteiger partial charge on any atom is 0.186 e. The van der Waals surface area contributed by atoms with Crippen molar-refractivity contribution in [3.05, 3.63) is 54.6 Å². The average Bonchev–Trinajstić information content (AvgIpc) is 2.29. The summed E-state index contributed by atoms with van der Waals surface area (Å²) in [4.78, 5) is 0.440. The van der Waals surface area contributed by atoms with E-state index < -0.39 is 11.1 Å². The molecular weight excluding hydrogens is 220 g/mol. The van der Waals surface area contributed by atoms with Crippen molar-refractivity contribution in [3.8, 4) is 0 Å². The summed E-state index contributed by atoms with van der Waals surface area (Å²) in [6.45, 7) is 3.70. The van der Waals surface area contributed by atoms with Crippen LogP contribution in [0.5, 0.6) is 0 Å². The Morgan fingerprint density at radius 2 is 2.06 bits per heavy atom. The first-order valence-corrected chi connectivity index (χ1v) is 6.06. The molecule has 0 amide bonds. The molecule has 0 saturated carbocycles. The van der Waals surface area contributed by atoms with Crippen LogP contribution >= 0.6 is 0 Å². The van der Waals surface area contributed by atoms with Gasteiger partial charge in [-0.25, -0.2) is 4.21 Å². The number of hydrogen-bond donors (Lipinski definition) is 1. The third-order valence-electron chi connectivity index (χ3n) is 2.49. The number of fused-ring (bicyclic) bond motifs is 1. The van der Waals surface area contributed by atoms with Gasteiger partial charge >= 0.3 is 0 Å². The molecule has 0 fully saturated rings. The van der Waals surface area contributed by atoms with E-state index in [1.54, 1.807) is 18.2 Å². The van der Waals surface area contributed by atoms with Crippen LogP contribution < -0.4 is 0 Å². The Bertz CT molecular complexity index is 561. The standard InChI is InChI=1S/C13H12O2S/c1-2-5-10-8-12(16(14)15)9-11-6-3-4-7-13(10)11/h2-4,6-9H,1,5H2,(H,14,15). The second-order valence-electron chi connectivity index (χ2n) is 3.55. The maximum absolute atomic E-state index is 11.1. The van der Waals surface area contributed by atoms with Gasteiger partial charge in [0.05, 0.1) is 4.90 Å². The molecule has 0 aliphatic carbocycles. The molecule has 0 aromatic heterocycles. The van der Waals surface area contributed by atoms with Gasteiger partial charge in [0.15, 0.2) is 11.1 Å². The number of benzene rings is 2. The lowest BCUT2D eigenvalue weighted by molar-refractivity contribution is 0.564. The van der Waals surface area contributed by atoms with Crippen molar-refractivity contribution < 1.29 is 8.76 Å². The molecule has 0 saturated heterocycles. The van der Waals surface area contributed by atoms with Gasteiger partial charge in [0.25, 0.3) is 0 Å². The molecule has 1 unspecified atom stereocenters.